The zero-order valence-electron chi connectivity index (χ0n) is 24.1. The molecule has 0 spiro atoms. The van der Waals surface area contributed by atoms with Gasteiger partial charge in [-0.3, -0.25) is 0 Å². The number of aryl methyl sites for hydroxylation is 1. The van der Waals surface area contributed by atoms with Crippen LogP contribution >= 0.6 is 0 Å². The molecule has 206 valence electrons. The fraction of sp³-hybridized carbons (Fsp3) is 0.706. The quantitative estimate of drug-likeness (QED) is 0.178. The molecule has 3 heteroatoms. The summed E-state index contributed by atoms with van der Waals surface area (Å²) in [6, 6.07) is 8.24. The minimum Gasteiger partial charge on any atom is -0.494 e. The van der Waals surface area contributed by atoms with Crippen molar-refractivity contribution in [2.24, 2.45) is 11.8 Å². The van der Waals surface area contributed by atoms with Gasteiger partial charge in [0.2, 0.25) is 0 Å². The minimum absolute atomic E-state index is 0.801. The summed E-state index contributed by atoms with van der Waals surface area (Å²) in [5.74, 6) is 3.63. The Kier molecular flexibility index (Phi) is 14.7. The van der Waals surface area contributed by atoms with E-state index in [1.165, 1.54) is 115 Å². The third-order valence-electron chi connectivity index (χ3n) is 8.36. The van der Waals surface area contributed by atoms with E-state index in [0.29, 0.717) is 0 Å². The van der Waals surface area contributed by atoms with Crippen molar-refractivity contribution < 1.29 is 4.74 Å². The molecule has 0 atom stereocenters. The molecule has 0 unspecified atom stereocenters. The molecule has 1 saturated carbocycles. The van der Waals surface area contributed by atoms with Crippen molar-refractivity contribution in [2.45, 2.75) is 136 Å². The first-order valence-electron chi connectivity index (χ1n) is 15.8. The summed E-state index contributed by atoms with van der Waals surface area (Å²) in [6.45, 7) is 5.35. The summed E-state index contributed by atoms with van der Waals surface area (Å²) in [7, 11) is 0. The van der Waals surface area contributed by atoms with E-state index >= 15 is 0 Å². The van der Waals surface area contributed by atoms with Gasteiger partial charge in [0.1, 0.15) is 5.75 Å². The summed E-state index contributed by atoms with van der Waals surface area (Å²) >= 11 is 0. The molecule has 1 aliphatic rings. The normalized spacial score (nSPS) is 17.7. The van der Waals surface area contributed by atoms with E-state index in [1.54, 1.807) is 0 Å². The van der Waals surface area contributed by atoms with Gasteiger partial charge in [0.25, 0.3) is 0 Å². The Balaban J connectivity index is 1.28. The highest BCUT2D eigenvalue weighted by Crippen LogP contribution is 2.34. The van der Waals surface area contributed by atoms with E-state index in [1.807, 2.05) is 24.5 Å². The van der Waals surface area contributed by atoms with Crippen LogP contribution in [0.3, 0.4) is 0 Å². The summed E-state index contributed by atoms with van der Waals surface area (Å²) in [5.41, 5.74) is 2.33. The Morgan fingerprint density at radius 2 is 1.19 bits per heavy atom. The van der Waals surface area contributed by atoms with Crippen LogP contribution in [0.4, 0.5) is 0 Å². The van der Waals surface area contributed by atoms with Crippen molar-refractivity contribution in [2.75, 3.05) is 6.61 Å². The SMILES string of the molecule is CCCCCCCCCC1CCC(CCc2cnc(-c3ccc(OCCCCCCC)cc3)nc2)CC1. The molecule has 3 nitrogen and oxygen atoms in total. The van der Waals surface area contributed by atoms with Crippen LogP contribution in [0.5, 0.6) is 5.75 Å². The van der Waals surface area contributed by atoms with Crippen LogP contribution in [0, 0.1) is 11.8 Å². The van der Waals surface area contributed by atoms with E-state index in [-0.39, 0.29) is 0 Å². The highest BCUT2D eigenvalue weighted by Gasteiger charge is 2.20. The van der Waals surface area contributed by atoms with E-state index in [4.69, 9.17) is 4.74 Å². The average molecular weight is 507 g/mol. The van der Waals surface area contributed by atoms with Gasteiger partial charge in [-0.15, -0.1) is 0 Å². The molecule has 1 fully saturated rings. The minimum atomic E-state index is 0.801. The van der Waals surface area contributed by atoms with Gasteiger partial charge < -0.3 is 4.74 Å². The van der Waals surface area contributed by atoms with Crippen molar-refractivity contribution in [3.05, 3.63) is 42.2 Å². The lowest BCUT2D eigenvalue weighted by Gasteiger charge is -2.28. The Hall–Kier alpha value is -1.90. The summed E-state index contributed by atoms with van der Waals surface area (Å²) in [4.78, 5) is 9.34. The fourth-order valence-electron chi connectivity index (χ4n) is 5.80. The lowest BCUT2D eigenvalue weighted by Crippen LogP contribution is -2.15. The van der Waals surface area contributed by atoms with Gasteiger partial charge in [-0.2, -0.15) is 0 Å². The average Bonchev–Trinajstić information content (AvgIpc) is 2.94. The number of nitrogens with zero attached hydrogens (tertiary/aromatic N) is 2. The summed E-state index contributed by atoms with van der Waals surface area (Å²) < 4.78 is 5.89. The first-order chi connectivity index (χ1) is 18.3. The maximum atomic E-state index is 5.89. The van der Waals surface area contributed by atoms with Gasteiger partial charge in [-0.05, 0) is 60.9 Å². The molecule has 1 heterocycles. The lowest BCUT2D eigenvalue weighted by molar-refractivity contribution is 0.248. The Morgan fingerprint density at radius 1 is 0.649 bits per heavy atom. The second-order valence-electron chi connectivity index (χ2n) is 11.5. The zero-order valence-corrected chi connectivity index (χ0v) is 24.1. The van der Waals surface area contributed by atoms with Gasteiger partial charge in [0.05, 0.1) is 6.61 Å². The van der Waals surface area contributed by atoms with Crippen LogP contribution in [0.25, 0.3) is 11.4 Å². The second-order valence-corrected chi connectivity index (χ2v) is 11.5. The monoisotopic (exact) mass is 506 g/mol. The van der Waals surface area contributed by atoms with Gasteiger partial charge in [0.15, 0.2) is 5.82 Å². The molecule has 3 rings (SSSR count). The van der Waals surface area contributed by atoms with Gasteiger partial charge in [-0.1, -0.05) is 117 Å². The standard InChI is InChI=1S/C34H54N2O/c1-3-5-7-9-10-11-13-15-29-16-18-30(19-17-29)20-21-31-27-35-34(36-28-31)32-22-24-33(25-23-32)37-26-14-12-8-6-4-2/h22-25,27-30H,3-21,26H2,1-2H3. The van der Waals surface area contributed by atoms with Crippen molar-refractivity contribution in [1.29, 1.82) is 0 Å². The predicted octanol–water partition coefficient (Wildman–Crippen LogP) is 10.4. The lowest BCUT2D eigenvalue weighted by atomic mass is 9.78. The van der Waals surface area contributed by atoms with E-state index in [0.717, 1.165) is 48.4 Å². The Labute approximate surface area is 228 Å². The molecule has 1 aliphatic carbocycles. The molecule has 1 aromatic heterocycles. The van der Waals surface area contributed by atoms with Crippen LogP contribution in [0.1, 0.15) is 135 Å². The van der Waals surface area contributed by atoms with Gasteiger partial charge in [0, 0.05) is 18.0 Å². The van der Waals surface area contributed by atoms with E-state index in [9.17, 15) is 0 Å². The molecule has 2 aromatic rings. The topological polar surface area (TPSA) is 35.0 Å². The molecule has 0 radical (unpaired) electrons. The van der Waals surface area contributed by atoms with Crippen LogP contribution in [0.15, 0.2) is 36.7 Å². The Morgan fingerprint density at radius 3 is 1.81 bits per heavy atom. The molecular formula is C34H54N2O. The largest absolute Gasteiger partial charge is 0.494 e. The molecule has 0 aliphatic heterocycles. The van der Waals surface area contributed by atoms with E-state index in [2.05, 4.69) is 35.9 Å². The molecule has 0 bridgehead atoms. The third-order valence-corrected chi connectivity index (χ3v) is 8.36. The van der Waals surface area contributed by atoms with Gasteiger partial charge >= 0.3 is 0 Å². The molecule has 0 N–H and O–H groups in total. The summed E-state index contributed by atoms with van der Waals surface area (Å²) in [5, 5.41) is 0. The van der Waals surface area contributed by atoms with E-state index < -0.39 is 0 Å². The Bertz CT molecular complexity index is 809. The van der Waals surface area contributed by atoms with Crippen molar-refractivity contribution in [3.8, 4) is 17.1 Å². The van der Waals surface area contributed by atoms with Crippen LogP contribution < -0.4 is 4.74 Å². The van der Waals surface area contributed by atoms with Crippen LogP contribution in [-0.2, 0) is 6.42 Å². The number of rotatable bonds is 19. The molecule has 1 aromatic carbocycles. The summed E-state index contributed by atoms with van der Waals surface area (Å²) in [6.07, 6.45) is 30.0. The van der Waals surface area contributed by atoms with Crippen molar-refractivity contribution in [1.82, 2.24) is 9.97 Å². The molecule has 0 saturated heterocycles. The number of hydrogen-bond acceptors (Lipinski definition) is 3. The van der Waals surface area contributed by atoms with Crippen LogP contribution in [0.2, 0.25) is 0 Å². The van der Waals surface area contributed by atoms with Crippen molar-refractivity contribution in [3.63, 3.8) is 0 Å². The smallest absolute Gasteiger partial charge is 0.159 e. The number of ether oxygens (including phenoxy) is 1. The number of hydrogen-bond donors (Lipinski definition) is 0. The third kappa shape index (κ3) is 12.0. The van der Waals surface area contributed by atoms with Gasteiger partial charge in [-0.25, -0.2) is 9.97 Å². The number of benzene rings is 1. The highest BCUT2D eigenvalue weighted by molar-refractivity contribution is 5.55. The molecule has 37 heavy (non-hydrogen) atoms. The first kappa shape index (κ1) is 29.7. The molecule has 0 amide bonds. The number of unbranched alkanes of at least 4 members (excludes halogenated alkanes) is 10. The maximum absolute atomic E-state index is 5.89. The number of aromatic nitrogens is 2. The van der Waals surface area contributed by atoms with Crippen molar-refractivity contribution >= 4 is 0 Å². The van der Waals surface area contributed by atoms with Crippen LogP contribution in [-0.4, -0.2) is 16.6 Å². The zero-order chi connectivity index (χ0) is 26.0. The highest BCUT2D eigenvalue weighted by atomic mass is 16.5. The first-order valence-corrected chi connectivity index (χ1v) is 15.8. The molecular weight excluding hydrogens is 452 g/mol. The maximum Gasteiger partial charge on any atom is 0.159 e. The fourth-order valence-corrected chi connectivity index (χ4v) is 5.80. The second kappa shape index (κ2) is 18.4. The predicted molar refractivity (Wildman–Crippen MR) is 158 cm³/mol.